The van der Waals surface area contributed by atoms with Gasteiger partial charge in [0.2, 0.25) is 10.0 Å². The van der Waals surface area contributed by atoms with Gasteiger partial charge in [-0.1, -0.05) is 0 Å². The van der Waals surface area contributed by atoms with E-state index in [-0.39, 0.29) is 4.90 Å². The van der Waals surface area contributed by atoms with Gasteiger partial charge in [-0.2, -0.15) is 0 Å². The van der Waals surface area contributed by atoms with E-state index in [0.717, 1.165) is 15.3 Å². The SMILES string of the molecule is Cc1cc(N)cc(S(=O)(=O)NCc2ccc(C)s2)c1. The quantitative estimate of drug-likeness (QED) is 0.851. The van der Waals surface area contributed by atoms with Crippen molar-refractivity contribution in [1.29, 1.82) is 0 Å². The Morgan fingerprint density at radius 1 is 1.21 bits per heavy atom. The predicted octanol–water partition coefficient (Wildman–Crippen LogP) is 2.43. The number of sulfonamides is 1. The number of nitrogens with one attached hydrogen (secondary N) is 1. The van der Waals surface area contributed by atoms with Crippen molar-refractivity contribution >= 4 is 27.0 Å². The Labute approximate surface area is 117 Å². The van der Waals surface area contributed by atoms with Gasteiger partial charge in [-0.25, -0.2) is 13.1 Å². The van der Waals surface area contributed by atoms with Crippen LogP contribution in [0.25, 0.3) is 0 Å². The number of rotatable bonds is 4. The zero-order chi connectivity index (χ0) is 14.0. The van der Waals surface area contributed by atoms with Gasteiger partial charge in [0.25, 0.3) is 0 Å². The average molecular weight is 296 g/mol. The van der Waals surface area contributed by atoms with E-state index in [4.69, 9.17) is 5.73 Å². The molecule has 1 aromatic heterocycles. The topological polar surface area (TPSA) is 72.2 Å². The van der Waals surface area contributed by atoms with Crippen LogP contribution in [0.15, 0.2) is 35.2 Å². The molecule has 0 radical (unpaired) electrons. The number of nitrogens with two attached hydrogens (primary N) is 1. The first-order chi connectivity index (χ1) is 8.87. The third kappa shape index (κ3) is 3.56. The standard InChI is InChI=1S/C13H16N2O2S2/c1-9-5-11(14)7-13(6-9)19(16,17)15-8-12-4-3-10(2)18-12/h3-7,15H,8,14H2,1-2H3. The minimum absolute atomic E-state index is 0.207. The van der Waals surface area contributed by atoms with Gasteiger partial charge in [-0.05, 0) is 49.7 Å². The van der Waals surface area contributed by atoms with Crippen LogP contribution in [0.5, 0.6) is 0 Å². The van der Waals surface area contributed by atoms with Crippen LogP contribution in [0.4, 0.5) is 5.69 Å². The molecule has 0 bridgehead atoms. The molecule has 2 rings (SSSR count). The maximum Gasteiger partial charge on any atom is 0.240 e. The number of thiophene rings is 1. The highest BCUT2D eigenvalue weighted by Gasteiger charge is 2.15. The summed E-state index contributed by atoms with van der Waals surface area (Å²) >= 11 is 1.58. The van der Waals surface area contributed by atoms with E-state index < -0.39 is 10.0 Å². The molecule has 0 aliphatic carbocycles. The van der Waals surface area contributed by atoms with Gasteiger partial charge in [-0.15, -0.1) is 11.3 Å². The Kier molecular flexibility index (Phi) is 3.93. The van der Waals surface area contributed by atoms with Crippen LogP contribution in [0, 0.1) is 13.8 Å². The van der Waals surface area contributed by atoms with Crippen LogP contribution in [0.2, 0.25) is 0 Å². The fraction of sp³-hybridized carbons (Fsp3) is 0.231. The molecule has 0 unspecified atom stereocenters. The average Bonchev–Trinajstić information content (AvgIpc) is 2.71. The van der Waals surface area contributed by atoms with Crippen LogP contribution in [-0.2, 0) is 16.6 Å². The molecule has 1 aromatic carbocycles. The van der Waals surface area contributed by atoms with Gasteiger partial charge < -0.3 is 5.73 Å². The fourth-order valence-electron chi connectivity index (χ4n) is 1.76. The van der Waals surface area contributed by atoms with Crippen LogP contribution in [0.1, 0.15) is 15.3 Å². The van der Waals surface area contributed by atoms with E-state index in [2.05, 4.69) is 4.72 Å². The molecule has 102 valence electrons. The van der Waals surface area contributed by atoms with E-state index >= 15 is 0 Å². The first kappa shape index (κ1) is 14.0. The van der Waals surface area contributed by atoms with Gasteiger partial charge in [0.1, 0.15) is 0 Å². The molecule has 0 aliphatic rings. The number of benzene rings is 1. The number of anilines is 1. The molecule has 0 aliphatic heterocycles. The molecule has 0 fully saturated rings. The minimum atomic E-state index is -3.52. The molecular weight excluding hydrogens is 280 g/mol. The van der Waals surface area contributed by atoms with Gasteiger partial charge in [0, 0.05) is 22.0 Å². The second kappa shape index (κ2) is 5.32. The first-order valence-electron chi connectivity index (χ1n) is 5.79. The van der Waals surface area contributed by atoms with Crippen LogP contribution < -0.4 is 10.5 Å². The third-order valence-electron chi connectivity index (χ3n) is 2.62. The third-order valence-corrected chi connectivity index (χ3v) is 5.00. The normalized spacial score (nSPS) is 11.7. The molecule has 0 saturated heterocycles. The first-order valence-corrected chi connectivity index (χ1v) is 8.09. The summed E-state index contributed by atoms with van der Waals surface area (Å²) in [4.78, 5) is 2.36. The van der Waals surface area contributed by atoms with Crippen LogP contribution in [0.3, 0.4) is 0 Å². The van der Waals surface area contributed by atoms with Crippen LogP contribution in [-0.4, -0.2) is 8.42 Å². The molecule has 6 heteroatoms. The summed E-state index contributed by atoms with van der Waals surface area (Å²) in [6, 6.07) is 8.71. The monoisotopic (exact) mass is 296 g/mol. The highest BCUT2D eigenvalue weighted by Crippen LogP contribution is 2.18. The van der Waals surface area contributed by atoms with E-state index in [1.165, 1.54) is 6.07 Å². The van der Waals surface area contributed by atoms with Gasteiger partial charge in [0.15, 0.2) is 0 Å². The number of aryl methyl sites for hydroxylation is 2. The highest BCUT2D eigenvalue weighted by molar-refractivity contribution is 7.89. The summed E-state index contributed by atoms with van der Waals surface area (Å²) in [6.45, 7) is 4.11. The summed E-state index contributed by atoms with van der Waals surface area (Å²) in [7, 11) is -3.52. The van der Waals surface area contributed by atoms with Gasteiger partial charge in [0.05, 0.1) is 4.90 Å². The lowest BCUT2D eigenvalue weighted by atomic mass is 10.2. The molecular formula is C13H16N2O2S2. The van der Waals surface area contributed by atoms with E-state index in [1.807, 2.05) is 26.0 Å². The maximum absolute atomic E-state index is 12.2. The molecule has 4 nitrogen and oxygen atoms in total. The number of nitrogen functional groups attached to an aromatic ring is 1. The molecule has 0 spiro atoms. The van der Waals surface area contributed by atoms with Crippen molar-refractivity contribution in [2.75, 3.05) is 5.73 Å². The highest BCUT2D eigenvalue weighted by atomic mass is 32.2. The largest absolute Gasteiger partial charge is 0.399 e. The lowest BCUT2D eigenvalue weighted by Crippen LogP contribution is -2.23. The summed E-state index contributed by atoms with van der Waals surface area (Å²) in [6.07, 6.45) is 0. The Morgan fingerprint density at radius 3 is 2.53 bits per heavy atom. The van der Waals surface area contributed by atoms with Crippen molar-refractivity contribution in [3.05, 3.63) is 45.6 Å². The Morgan fingerprint density at radius 2 is 1.95 bits per heavy atom. The van der Waals surface area contributed by atoms with Crippen molar-refractivity contribution < 1.29 is 8.42 Å². The molecule has 0 saturated carbocycles. The van der Waals surface area contributed by atoms with Crippen molar-refractivity contribution in [1.82, 2.24) is 4.72 Å². The van der Waals surface area contributed by atoms with Crippen molar-refractivity contribution in [3.63, 3.8) is 0 Å². The smallest absolute Gasteiger partial charge is 0.240 e. The van der Waals surface area contributed by atoms with Crippen molar-refractivity contribution in [2.45, 2.75) is 25.3 Å². The van der Waals surface area contributed by atoms with E-state index in [9.17, 15) is 8.42 Å². The van der Waals surface area contributed by atoms with Gasteiger partial charge in [-0.3, -0.25) is 0 Å². The molecule has 3 N–H and O–H groups in total. The summed E-state index contributed by atoms with van der Waals surface area (Å²) in [5.41, 5.74) is 6.95. The number of hydrogen-bond donors (Lipinski definition) is 2. The summed E-state index contributed by atoms with van der Waals surface area (Å²) in [5, 5.41) is 0. The zero-order valence-corrected chi connectivity index (χ0v) is 12.4. The van der Waals surface area contributed by atoms with E-state index in [0.29, 0.717) is 12.2 Å². The lowest BCUT2D eigenvalue weighted by Gasteiger charge is -2.07. The van der Waals surface area contributed by atoms with Crippen molar-refractivity contribution in [2.24, 2.45) is 0 Å². The number of hydrogen-bond acceptors (Lipinski definition) is 4. The van der Waals surface area contributed by atoms with Crippen molar-refractivity contribution in [3.8, 4) is 0 Å². The summed E-state index contributed by atoms with van der Waals surface area (Å²) in [5.74, 6) is 0. The molecule has 19 heavy (non-hydrogen) atoms. The predicted molar refractivity (Wildman–Crippen MR) is 78.7 cm³/mol. The minimum Gasteiger partial charge on any atom is -0.399 e. The molecule has 2 aromatic rings. The Bertz CT molecular complexity index is 670. The molecule has 0 atom stereocenters. The van der Waals surface area contributed by atoms with Gasteiger partial charge >= 0.3 is 0 Å². The Hall–Kier alpha value is -1.37. The molecule has 0 amide bonds. The summed E-state index contributed by atoms with van der Waals surface area (Å²) < 4.78 is 26.9. The fourth-order valence-corrected chi connectivity index (χ4v) is 3.83. The van der Waals surface area contributed by atoms with Crippen LogP contribution >= 0.6 is 11.3 Å². The second-order valence-corrected chi connectivity index (χ2v) is 7.56. The second-order valence-electron chi connectivity index (χ2n) is 4.42. The Balaban J connectivity index is 2.18. The van der Waals surface area contributed by atoms with E-state index in [1.54, 1.807) is 23.5 Å². The maximum atomic E-state index is 12.2. The zero-order valence-electron chi connectivity index (χ0n) is 10.8. The molecule has 1 heterocycles. The lowest BCUT2D eigenvalue weighted by molar-refractivity contribution is 0.582.